The predicted octanol–water partition coefficient (Wildman–Crippen LogP) is 3.43. The van der Waals surface area contributed by atoms with Crippen molar-refractivity contribution in [1.29, 1.82) is 0 Å². The van der Waals surface area contributed by atoms with Gasteiger partial charge in [0.2, 0.25) is 15.9 Å². The molecule has 0 radical (unpaired) electrons. The van der Waals surface area contributed by atoms with E-state index in [0.717, 1.165) is 16.8 Å². The fourth-order valence-corrected chi connectivity index (χ4v) is 3.53. The summed E-state index contributed by atoms with van der Waals surface area (Å²) < 4.78 is 39.1. The molecule has 1 heterocycles. The van der Waals surface area contributed by atoms with Crippen molar-refractivity contribution in [2.75, 3.05) is 10.5 Å². The molecule has 0 fully saturated rings. The summed E-state index contributed by atoms with van der Waals surface area (Å²) in [5.74, 6) is -0.431. The average molecular weight is 403 g/mol. The van der Waals surface area contributed by atoms with Crippen molar-refractivity contribution in [1.82, 2.24) is 10.4 Å². The molecular formula is C20H22FN3O3S. The maximum Gasteiger partial charge on any atom is 0.241 e. The zero-order valence-corrected chi connectivity index (χ0v) is 16.5. The van der Waals surface area contributed by atoms with Crippen molar-refractivity contribution in [3.8, 4) is 0 Å². The highest BCUT2D eigenvalue weighted by atomic mass is 32.2. The highest BCUT2D eigenvalue weighted by Gasteiger charge is 2.29. The van der Waals surface area contributed by atoms with E-state index in [0.29, 0.717) is 12.1 Å². The molecule has 1 atom stereocenters. The van der Waals surface area contributed by atoms with Crippen molar-refractivity contribution < 1.29 is 17.6 Å². The Balaban J connectivity index is 1.88. The molecule has 1 unspecified atom stereocenters. The lowest BCUT2D eigenvalue weighted by atomic mass is 10.0. The van der Waals surface area contributed by atoms with E-state index in [1.165, 1.54) is 17.1 Å². The van der Waals surface area contributed by atoms with Gasteiger partial charge in [0.1, 0.15) is 5.82 Å². The maximum atomic E-state index is 13.3. The monoisotopic (exact) mass is 403 g/mol. The molecule has 1 aliphatic rings. The second kappa shape index (κ2) is 8.02. The van der Waals surface area contributed by atoms with Crippen LogP contribution in [0.3, 0.4) is 0 Å². The molecule has 2 aromatic rings. The van der Waals surface area contributed by atoms with Gasteiger partial charge in [0.15, 0.2) is 0 Å². The Bertz CT molecular complexity index is 986. The van der Waals surface area contributed by atoms with Crippen LogP contribution in [0.5, 0.6) is 0 Å². The number of carbonyl (C=O) groups excluding carboxylic acids is 1. The normalized spacial score (nSPS) is 16.5. The number of anilines is 1. The third-order valence-corrected chi connectivity index (χ3v) is 5.78. The topological polar surface area (TPSA) is 78.5 Å². The number of rotatable bonds is 6. The van der Waals surface area contributed by atoms with Gasteiger partial charge in [0.25, 0.3) is 0 Å². The fraction of sp³-hybridized carbons (Fsp3) is 0.250. The summed E-state index contributed by atoms with van der Waals surface area (Å²) >= 11 is 0. The van der Waals surface area contributed by atoms with E-state index in [1.54, 1.807) is 50.2 Å². The van der Waals surface area contributed by atoms with E-state index in [-0.39, 0.29) is 23.5 Å². The number of hydrogen-bond donors (Lipinski definition) is 2. The Kier molecular flexibility index (Phi) is 5.69. The molecule has 0 aliphatic carbocycles. The first-order valence-corrected chi connectivity index (χ1v) is 10.6. The van der Waals surface area contributed by atoms with Gasteiger partial charge in [-0.25, -0.2) is 17.8 Å². The van der Waals surface area contributed by atoms with Crippen LogP contribution in [0.1, 0.15) is 37.4 Å². The van der Waals surface area contributed by atoms with Crippen molar-refractivity contribution in [2.24, 2.45) is 0 Å². The van der Waals surface area contributed by atoms with Crippen LogP contribution in [0.2, 0.25) is 0 Å². The Morgan fingerprint density at radius 1 is 1.11 bits per heavy atom. The molecule has 0 spiro atoms. The van der Waals surface area contributed by atoms with Crippen LogP contribution in [-0.4, -0.2) is 25.1 Å². The van der Waals surface area contributed by atoms with Gasteiger partial charge < -0.3 is 0 Å². The van der Waals surface area contributed by atoms with E-state index in [4.69, 9.17) is 0 Å². The summed E-state index contributed by atoms with van der Waals surface area (Å²) in [5, 5.41) is 1.52. The molecule has 3 rings (SSSR count). The molecule has 0 saturated heterocycles. The fourth-order valence-electron chi connectivity index (χ4n) is 2.89. The lowest BCUT2D eigenvalue weighted by Gasteiger charge is -2.25. The molecule has 1 aliphatic heterocycles. The van der Waals surface area contributed by atoms with E-state index >= 15 is 0 Å². The molecule has 28 heavy (non-hydrogen) atoms. The zero-order chi connectivity index (χ0) is 20.3. The van der Waals surface area contributed by atoms with Crippen molar-refractivity contribution in [3.63, 3.8) is 0 Å². The van der Waals surface area contributed by atoms with Gasteiger partial charge in [-0.3, -0.25) is 14.9 Å². The number of sulfonamides is 1. The SMILES string of the molecule is CCC(=O)N1NC(c2ccc(NS(=O)(=O)CC)cc2)=CC1c1ccc(F)cc1. The Morgan fingerprint density at radius 2 is 1.75 bits per heavy atom. The lowest BCUT2D eigenvalue weighted by molar-refractivity contribution is -0.134. The Morgan fingerprint density at radius 3 is 2.32 bits per heavy atom. The standard InChI is InChI=1S/C20H22FN3O3S/c1-3-20(25)24-19(15-5-9-16(21)10-6-15)13-18(22-24)14-7-11-17(12-8-14)23-28(26,27)4-2/h5-13,19,22-23H,3-4H2,1-2H3. The number of halogens is 1. The number of nitrogens with zero attached hydrogens (tertiary/aromatic N) is 1. The van der Waals surface area contributed by atoms with Crippen molar-refractivity contribution in [2.45, 2.75) is 26.3 Å². The summed E-state index contributed by atoms with van der Waals surface area (Å²) in [6, 6.07) is 12.6. The third kappa shape index (κ3) is 4.33. The molecule has 6 nitrogen and oxygen atoms in total. The smallest absolute Gasteiger partial charge is 0.241 e. The van der Waals surface area contributed by atoms with Gasteiger partial charge in [-0.2, -0.15) is 0 Å². The summed E-state index contributed by atoms with van der Waals surface area (Å²) in [6.45, 7) is 3.34. The van der Waals surface area contributed by atoms with Gasteiger partial charge in [0, 0.05) is 12.1 Å². The van der Waals surface area contributed by atoms with Gasteiger partial charge in [-0.1, -0.05) is 31.2 Å². The van der Waals surface area contributed by atoms with Crippen LogP contribution in [-0.2, 0) is 14.8 Å². The molecule has 8 heteroatoms. The van der Waals surface area contributed by atoms with Gasteiger partial charge >= 0.3 is 0 Å². The van der Waals surface area contributed by atoms with Gasteiger partial charge in [-0.05, 0) is 48.4 Å². The summed E-state index contributed by atoms with van der Waals surface area (Å²) in [6.07, 6.45) is 2.22. The maximum absolute atomic E-state index is 13.3. The molecule has 0 bridgehead atoms. The molecule has 2 N–H and O–H groups in total. The highest BCUT2D eigenvalue weighted by Crippen LogP contribution is 2.32. The lowest BCUT2D eigenvalue weighted by Crippen LogP contribution is -2.39. The highest BCUT2D eigenvalue weighted by molar-refractivity contribution is 7.92. The zero-order valence-electron chi connectivity index (χ0n) is 15.6. The van der Waals surface area contributed by atoms with E-state index in [1.807, 2.05) is 6.08 Å². The quantitative estimate of drug-likeness (QED) is 0.775. The van der Waals surface area contributed by atoms with Crippen LogP contribution in [0, 0.1) is 5.82 Å². The van der Waals surface area contributed by atoms with Gasteiger partial charge in [-0.15, -0.1) is 0 Å². The number of carbonyl (C=O) groups is 1. The minimum absolute atomic E-state index is 0.00506. The van der Waals surface area contributed by atoms with Crippen LogP contribution in [0.4, 0.5) is 10.1 Å². The minimum atomic E-state index is -3.34. The van der Waals surface area contributed by atoms with Crippen LogP contribution in [0.15, 0.2) is 54.6 Å². The van der Waals surface area contributed by atoms with Gasteiger partial charge in [0.05, 0.1) is 17.5 Å². The molecule has 148 valence electrons. The number of amides is 1. The van der Waals surface area contributed by atoms with Crippen molar-refractivity contribution in [3.05, 3.63) is 71.6 Å². The second-order valence-corrected chi connectivity index (χ2v) is 8.40. The van der Waals surface area contributed by atoms with Crippen LogP contribution >= 0.6 is 0 Å². The van der Waals surface area contributed by atoms with Crippen LogP contribution < -0.4 is 10.1 Å². The first-order valence-electron chi connectivity index (χ1n) is 9.00. The predicted molar refractivity (Wildman–Crippen MR) is 107 cm³/mol. The summed E-state index contributed by atoms with van der Waals surface area (Å²) in [5.41, 5.74) is 5.90. The summed E-state index contributed by atoms with van der Waals surface area (Å²) in [7, 11) is -3.34. The van der Waals surface area contributed by atoms with Crippen molar-refractivity contribution >= 4 is 27.3 Å². The molecule has 0 aromatic heterocycles. The third-order valence-electron chi connectivity index (χ3n) is 4.48. The minimum Gasteiger partial charge on any atom is -0.295 e. The number of benzene rings is 2. The first kappa shape index (κ1) is 19.9. The molecule has 0 saturated carbocycles. The average Bonchev–Trinajstić information content (AvgIpc) is 3.13. The molecule has 2 aromatic carbocycles. The first-order chi connectivity index (χ1) is 13.3. The van der Waals surface area contributed by atoms with Crippen LogP contribution in [0.25, 0.3) is 5.70 Å². The second-order valence-electron chi connectivity index (χ2n) is 6.39. The van der Waals surface area contributed by atoms with E-state index in [2.05, 4.69) is 10.1 Å². The Labute approximate surface area is 164 Å². The number of nitrogens with one attached hydrogen (secondary N) is 2. The Hall–Kier alpha value is -2.87. The molecule has 1 amide bonds. The molecular weight excluding hydrogens is 381 g/mol. The number of hydrazine groups is 1. The van der Waals surface area contributed by atoms with E-state index in [9.17, 15) is 17.6 Å². The summed E-state index contributed by atoms with van der Waals surface area (Å²) in [4.78, 5) is 12.4. The number of hydrogen-bond acceptors (Lipinski definition) is 4. The van der Waals surface area contributed by atoms with E-state index < -0.39 is 10.0 Å². The largest absolute Gasteiger partial charge is 0.295 e.